The quantitative estimate of drug-likeness (QED) is 0.633. The van der Waals surface area contributed by atoms with Gasteiger partial charge in [0, 0.05) is 31.9 Å². The van der Waals surface area contributed by atoms with E-state index in [1.807, 2.05) is 0 Å². The lowest BCUT2D eigenvalue weighted by Crippen LogP contribution is -2.51. The molecule has 2 fully saturated rings. The molecule has 0 radical (unpaired) electrons. The van der Waals surface area contributed by atoms with Crippen molar-refractivity contribution >= 4 is 15.9 Å². The Hall–Kier alpha value is -1.75. The number of likely N-dealkylation sites (tertiary alicyclic amines) is 1. The molecule has 0 saturated carbocycles. The number of sulfonamides is 1. The highest BCUT2D eigenvalue weighted by atomic mass is 32.2. The monoisotopic (exact) mass is 427 g/mol. The maximum absolute atomic E-state index is 13.0. The van der Waals surface area contributed by atoms with Gasteiger partial charge in [0.15, 0.2) is 6.29 Å². The number of piperidine rings is 1. The van der Waals surface area contributed by atoms with Crippen molar-refractivity contribution in [3.8, 4) is 0 Å². The van der Waals surface area contributed by atoms with E-state index >= 15 is 0 Å². The van der Waals surface area contributed by atoms with Crippen LogP contribution in [0.5, 0.6) is 0 Å². The molecule has 10 heteroatoms. The second-order valence-corrected chi connectivity index (χ2v) is 9.12. The summed E-state index contributed by atoms with van der Waals surface area (Å²) in [5.74, 6) is -0.242. The Labute approximate surface area is 171 Å². The van der Waals surface area contributed by atoms with Gasteiger partial charge in [0.1, 0.15) is 6.54 Å². The highest BCUT2D eigenvalue weighted by Crippen LogP contribution is 2.24. The SMILES string of the molecule is CCN(CC)S(=O)(=O)c1ccc(=O)n(CC(=O)N2CCCCC2C2OCCO2)c1. The number of ether oxygens (including phenoxy) is 2. The zero-order valence-electron chi connectivity index (χ0n) is 17.0. The number of hydrogen-bond donors (Lipinski definition) is 0. The van der Waals surface area contributed by atoms with Crippen LogP contribution in [0.3, 0.4) is 0 Å². The molecule has 0 bridgehead atoms. The summed E-state index contributed by atoms with van der Waals surface area (Å²) in [6.45, 7) is 5.53. The Balaban J connectivity index is 1.81. The van der Waals surface area contributed by atoms with E-state index in [1.165, 1.54) is 27.2 Å². The van der Waals surface area contributed by atoms with Crippen LogP contribution in [0.25, 0.3) is 0 Å². The smallest absolute Gasteiger partial charge is 0.251 e. The van der Waals surface area contributed by atoms with Crippen LogP contribution in [0.1, 0.15) is 33.1 Å². The maximum Gasteiger partial charge on any atom is 0.251 e. The standard InChI is InChI=1S/C19H29N3O6S/c1-3-21(4-2)29(25,26)15-8-9-17(23)20(13-15)14-18(24)22-10-6-5-7-16(22)19-27-11-12-28-19/h8-9,13,16,19H,3-7,10-12,14H2,1-2H3. The van der Waals surface area contributed by atoms with Crippen molar-refractivity contribution in [3.63, 3.8) is 0 Å². The molecular weight excluding hydrogens is 398 g/mol. The van der Waals surface area contributed by atoms with Crippen molar-refractivity contribution < 1.29 is 22.7 Å². The van der Waals surface area contributed by atoms with Crippen molar-refractivity contribution in [1.82, 2.24) is 13.8 Å². The summed E-state index contributed by atoms with van der Waals surface area (Å²) in [7, 11) is -3.72. The van der Waals surface area contributed by atoms with Crippen molar-refractivity contribution in [2.45, 2.75) is 56.9 Å². The fourth-order valence-electron chi connectivity index (χ4n) is 3.88. The Morgan fingerprint density at radius 3 is 2.52 bits per heavy atom. The highest BCUT2D eigenvalue weighted by molar-refractivity contribution is 7.89. The molecule has 1 unspecified atom stereocenters. The number of carbonyl (C=O) groups excluding carboxylic acids is 1. The largest absolute Gasteiger partial charge is 0.348 e. The molecule has 2 aliphatic rings. The average molecular weight is 428 g/mol. The highest BCUT2D eigenvalue weighted by Gasteiger charge is 2.36. The lowest BCUT2D eigenvalue weighted by atomic mass is 10.0. The Kier molecular flexibility index (Phi) is 7.10. The topological polar surface area (TPSA) is 98.2 Å². The van der Waals surface area contributed by atoms with Crippen LogP contribution in [-0.4, -0.2) is 73.3 Å². The Morgan fingerprint density at radius 1 is 1.17 bits per heavy atom. The number of hydrogen-bond acceptors (Lipinski definition) is 6. The molecule has 0 spiro atoms. The summed E-state index contributed by atoms with van der Waals surface area (Å²) < 4.78 is 39.2. The zero-order valence-corrected chi connectivity index (χ0v) is 17.8. The van der Waals surface area contributed by atoms with E-state index in [4.69, 9.17) is 9.47 Å². The molecule has 9 nitrogen and oxygen atoms in total. The lowest BCUT2D eigenvalue weighted by Gasteiger charge is -2.38. The number of nitrogens with zero attached hydrogens (tertiary/aromatic N) is 3. The number of aromatic nitrogens is 1. The molecule has 1 atom stereocenters. The minimum absolute atomic E-state index is 0.00579. The first-order valence-electron chi connectivity index (χ1n) is 10.1. The van der Waals surface area contributed by atoms with Gasteiger partial charge in [-0.25, -0.2) is 8.42 Å². The third-order valence-corrected chi connectivity index (χ3v) is 7.47. The summed E-state index contributed by atoms with van der Waals surface area (Å²) in [6.07, 6.45) is 3.46. The first-order chi connectivity index (χ1) is 13.9. The summed E-state index contributed by atoms with van der Waals surface area (Å²) >= 11 is 0. The van der Waals surface area contributed by atoms with Crippen LogP contribution in [-0.2, 0) is 30.8 Å². The Morgan fingerprint density at radius 2 is 1.86 bits per heavy atom. The van der Waals surface area contributed by atoms with E-state index in [0.29, 0.717) is 32.8 Å². The molecule has 3 rings (SSSR count). The first-order valence-corrected chi connectivity index (χ1v) is 11.6. The molecule has 29 heavy (non-hydrogen) atoms. The minimum atomic E-state index is -3.72. The van der Waals surface area contributed by atoms with Gasteiger partial charge in [0.25, 0.3) is 5.56 Å². The molecule has 0 N–H and O–H groups in total. The number of amides is 1. The predicted octanol–water partition coefficient (Wildman–Crippen LogP) is 0.633. The van der Waals surface area contributed by atoms with Gasteiger partial charge in [-0.3, -0.25) is 9.59 Å². The molecule has 1 amide bonds. The molecule has 0 aromatic carbocycles. The van der Waals surface area contributed by atoms with Crippen molar-refractivity contribution in [2.75, 3.05) is 32.8 Å². The van der Waals surface area contributed by atoms with E-state index in [0.717, 1.165) is 19.3 Å². The molecule has 1 aromatic heterocycles. The first kappa shape index (κ1) is 21.9. The fraction of sp³-hybridized carbons (Fsp3) is 0.684. The molecule has 1 aromatic rings. The van der Waals surface area contributed by atoms with E-state index < -0.39 is 21.9 Å². The van der Waals surface area contributed by atoms with Gasteiger partial charge in [0.2, 0.25) is 15.9 Å². The van der Waals surface area contributed by atoms with Crippen LogP contribution in [0.15, 0.2) is 28.0 Å². The number of pyridine rings is 1. The predicted molar refractivity (Wildman–Crippen MR) is 106 cm³/mol. The molecule has 3 heterocycles. The summed E-state index contributed by atoms with van der Waals surface area (Å²) in [5.41, 5.74) is -0.418. The summed E-state index contributed by atoms with van der Waals surface area (Å²) in [6, 6.07) is 2.30. The van der Waals surface area contributed by atoms with E-state index in [1.54, 1.807) is 18.7 Å². The van der Waals surface area contributed by atoms with E-state index in [-0.39, 0.29) is 23.4 Å². The van der Waals surface area contributed by atoms with Crippen LogP contribution < -0.4 is 5.56 Å². The van der Waals surface area contributed by atoms with Crippen LogP contribution >= 0.6 is 0 Å². The number of carbonyl (C=O) groups is 1. The molecule has 2 saturated heterocycles. The van der Waals surface area contributed by atoms with Gasteiger partial charge in [-0.1, -0.05) is 13.8 Å². The van der Waals surface area contributed by atoms with E-state index in [2.05, 4.69) is 0 Å². The van der Waals surface area contributed by atoms with Crippen LogP contribution in [0, 0.1) is 0 Å². The van der Waals surface area contributed by atoms with Crippen LogP contribution in [0.2, 0.25) is 0 Å². The van der Waals surface area contributed by atoms with Crippen molar-refractivity contribution in [3.05, 3.63) is 28.7 Å². The van der Waals surface area contributed by atoms with Crippen LogP contribution in [0.4, 0.5) is 0 Å². The fourth-order valence-corrected chi connectivity index (χ4v) is 5.36. The third-order valence-electron chi connectivity index (χ3n) is 5.44. The Bertz CT molecular complexity index is 874. The minimum Gasteiger partial charge on any atom is -0.348 e. The van der Waals surface area contributed by atoms with Gasteiger partial charge >= 0.3 is 0 Å². The van der Waals surface area contributed by atoms with Crippen molar-refractivity contribution in [2.24, 2.45) is 0 Å². The molecule has 0 aliphatic carbocycles. The molecular formula is C19H29N3O6S. The number of rotatable bonds is 7. The second kappa shape index (κ2) is 9.38. The average Bonchev–Trinajstić information content (AvgIpc) is 3.25. The second-order valence-electron chi connectivity index (χ2n) is 7.18. The molecule has 2 aliphatic heterocycles. The summed E-state index contributed by atoms with van der Waals surface area (Å²) in [4.78, 5) is 27.0. The normalized spacial score (nSPS) is 21.1. The van der Waals surface area contributed by atoms with Gasteiger partial charge in [0.05, 0.1) is 24.2 Å². The lowest BCUT2D eigenvalue weighted by molar-refractivity contribution is -0.151. The molecule has 162 valence electrons. The zero-order chi connectivity index (χ0) is 21.0. The van der Waals surface area contributed by atoms with Gasteiger partial charge in [-0.2, -0.15) is 4.31 Å². The van der Waals surface area contributed by atoms with Gasteiger partial charge < -0.3 is 18.9 Å². The third kappa shape index (κ3) is 4.71. The maximum atomic E-state index is 13.0. The van der Waals surface area contributed by atoms with Crippen molar-refractivity contribution in [1.29, 1.82) is 0 Å². The van der Waals surface area contributed by atoms with E-state index in [9.17, 15) is 18.0 Å². The van der Waals surface area contributed by atoms with Gasteiger partial charge in [-0.15, -0.1) is 0 Å². The van der Waals surface area contributed by atoms with Gasteiger partial charge in [-0.05, 0) is 25.3 Å². The summed E-state index contributed by atoms with van der Waals surface area (Å²) in [5, 5.41) is 0.